The number of hydrogen-bond donors (Lipinski definition) is 0. The molecule has 3 rings (SSSR count). The van der Waals surface area contributed by atoms with Crippen LogP contribution in [0.4, 0.5) is 0 Å². The van der Waals surface area contributed by atoms with Gasteiger partial charge in [-0.05, 0) is 53.6 Å². The fraction of sp³-hybridized carbons (Fsp3) is 0.318. The Balaban J connectivity index is 1.93. The van der Waals surface area contributed by atoms with Crippen molar-refractivity contribution in [1.82, 2.24) is 4.98 Å². The first-order valence-corrected chi connectivity index (χ1v) is 8.75. The molecule has 1 aromatic heterocycles. The highest BCUT2D eigenvalue weighted by molar-refractivity contribution is 5.85. The summed E-state index contributed by atoms with van der Waals surface area (Å²) in [5.41, 5.74) is 5.01. The lowest BCUT2D eigenvalue weighted by Gasteiger charge is -2.16. The predicted octanol–water partition coefficient (Wildman–Crippen LogP) is 5.16. The number of benzene rings is 2. The summed E-state index contributed by atoms with van der Waals surface area (Å²) in [5.74, 6) is 1.91. The van der Waals surface area contributed by atoms with Gasteiger partial charge in [-0.25, -0.2) is 0 Å². The van der Waals surface area contributed by atoms with E-state index in [-0.39, 0.29) is 0 Å². The molecule has 1 heterocycles. The van der Waals surface area contributed by atoms with Crippen LogP contribution in [0.25, 0.3) is 10.9 Å². The second kappa shape index (κ2) is 7.56. The average Bonchev–Trinajstić information content (AvgIpc) is 2.67. The van der Waals surface area contributed by atoms with Crippen LogP contribution in [0.5, 0.6) is 11.5 Å². The number of pyridine rings is 1. The minimum Gasteiger partial charge on any atom is -0.493 e. The van der Waals surface area contributed by atoms with Crippen LogP contribution in [0.3, 0.4) is 0 Å². The van der Waals surface area contributed by atoms with E-state index in [2.05, 4.69) is 55.2 Å². The maximum absolute atomic E-state index is 5.44. The van der Waals surface area contributed by atoms with Gasteiger partial charge in [0.15, 0.2) is 11.5 Å². The monoisotopic (exact) mass is 335 g/mol. The van der Waals surface area contributed by atoms with Crippen molar-refractivity contribution in [2.75, 3.05) is 14.2 Å². The molecule has 0 amide bonds. The SMILES string of the molecule is CCc1cccc2c(CC(C)c3ccc(OC)c(OC)c3)ccnc12. The first-order chi connectivity index (χ1) is 12.2. The van der Waals surface area contributed by atoms with E-state index in [1.54, 1.807) is 14.2 Å². The van der Waals surface area contributed by atoms with Crippen LogP contribution in [0.1, 0.15) is 36.5 Å². The Bertz CT molecular complexity index is 873. The van der Waals surface area contributed by atoms with Crippen molar-refractivity contribution in [3.8, 4) is 11.5 Å². The highest BCUT2D eigenvalue weighted by Gasteiger charge is 2.13. The van der Waals surface area contributed by atoms with Crippen LogP contribution in [-0.2, 0) is 12.8 Å². The summed E-state index contributed by atoms with van der Waals surface area (Å²) >= 11 is 0. The number of ether oxygens (including phenoxy) is 2. The Hall–Kier alpha value is -2.55. The van der Waals surface area contributed by atoms with Crippen LogP contribution >= 0.6 is 0 Å². The molecular formula is C22H25NO2. The van der Waals surface area contributed by atoms with Crippen LogP contribution in [0.2, 0.25) is 0 Å². The van der Waals surface area contributed by atoms with Gasteiger partial charge in [-0.1, -0.05) is 38.1 Å². The first kappa shape index (κ1) is 17.3. The molecule has 0 aliphatic heterocycles. The Morgan fingerprint density at radius 3 is 2.48 bits per heavy atom. The zero-order chi connectivity index (χ0) is 17.8. The average molecular weight is 335 g/mol. The summed E-state index contributed by atoms with van der Waals surface area (Å²) in [5, 5.41) is 1.26. The molecule has 3 heteroatoms. The number of para-hydroxylation sites is 1. The molecule has 0 aliphatic rings. The smallest absolute Gasteiger partial charge is 0.160 e. The van der Waals surface area contributed by atoms with E-state index in [4.69, 9.17) is 9.47 Å². The summed E-state index contributed by atoms with van der Waals surface area (Å²) in [4.78, 5) is 4.61. The summed E-state index contributed by atoms with van der Waals surface area (Å²) in [6, 6.07) is 14.8. The van der Waals surface area contributed by atoms with Crippen molar-refractivity contribution in [2.24, 2.45) is 0 Å². The van der Waals surface area contributed by atoms with E-state index in [0.29, 0.717) is 5.92 Å². The van der Waals surface area contributed by atoms with Gasteiger partial charge in [-0.15, -0.1) is 0 Å². The molecule has 1 unspecified atom stereocenters. The third kappa shape index (κ3) is 3.46. The number of rotatable bonds is 6. The second-order valence-corrected chi connectivity index (χ2v) is 6.36. The molecule has 2 aromatic carbocycles. The number of hydrogen-bond acceptors (Lipinski definition) is 3. The fourth-order valence-electron chi connectivity index (χ4n) is 3.36. The molecule has 0 fully saturated rings. The maximum atomic E-state index is 5.44. The Labute approximate surface area is 149 Å². The molecule has 0 spiro atoms. The van der Waals surface area contributed by atoms with E-state index in [0.717, 1.165) is 29.9 Å². The Morgan fingerprint density at radius 1 is 0.960 bits per heavy atom. The predicted molar refractivity (Wildman–Crippen MR) is 103 cm³/mol. The quantitative estimate of drug-likeness (QED) is 0.623. The van der Waals surface area contributed by atoms with Crippen molar-refractivity contribution in [3.63, 3.8) is 0 Å². The summed E-state index contributed by atoms with van der Waals surface area (Å²) < 4.78 is 10.8. The highest BCUT2D eigenvalue weighted by atomic mass is 16.5. The van der Waals surface area contributed by atoms with Gasteiger partial charge in [-0.3, -0.25) is 4.98 Å². The zero-order valence-electron chi connectivity index (χ0n) is 15.4. The topological polar surface area (TPSA) is 31.4 Å². The van der Waals surface area contributed by atoms with E-state index in [1.165, 1.54) is 22.1 Å². The minimum absolute atomic E-state index is 0.371. The zero-order valence-corrected chi connectivity index (χ0v) is 15.4. The Morgan fingerprint density at radius 2 is 1.76 bits per heavy atom. The molecule has 25 heavy (non-hydrogen) atoms. The van der Waals surface area contributed by atoms with Crippen molar-refractivity contribution < 1.29 is 9.47 Å². The molecule has 0 bridgehead atoms. The van der Waals surface area contributed by atoms with Gasteiger partial charge in [0.25, 0.3) is 0 Å². The number of aromatic nitrogens is 1. The highest BCUT2D eigenvalue weighted by Crippen LogP contribution is 2.32. The van der Waals surface area contributed by atoms with Crippen LogP contribution < -0.4 is 9.47 Å². The van der Waals surface area contributed by atoms with Crippen LogP contribution in [0, 0.1) is 0 Å². The largest absolute Gasteiger partial charge is 0.493 e. The van der Waals surface area contributed by atoms with Crippen LogP contribution in [0.15, 0.2) is 48.7 Å². The molecule has 0 aliphatic carbocycles. The lowest BCUT2D eigenvalue weighted by atomic mass is 9.91. The van der Waals surface area contributed by atoms with Crippen LogP contribution in [-0.4, -0.2) is 19.2 Å². The van der Waals surface area contributed by atoms with Gasteiger partial charge < -0.3 is 9.47 Å². The van der Waals surface area contributed by atoms with Gasteiger partial charge in [0.1, 0.15) is 0 Å². The van der Waals surface area contributed by atoms with Gasteiger partial charge >= 0.3 is 0 Å². The summed E-state index contributed by atoms with van der Waals surface area (Å²) in [7, 11) is 3.34. The molecule has 0 saturated heterocycles. The third-order valence-electron chi connectivity index (χ3n) is 4.83. The molecule has 0 N–H and O–H groups in total. The molecule has 0 radical (unpaired) electrons. The van der Waals surface area contributed by atoms with E-state index in [1.807, 2.05) is 12.3 Å². The standard InChI is InChI=1S/C22H25NO2/c1-5-16-7-6-8-19-18(11-12-23-22(16)19)13-15(2)17-9-10-20(24-3)21(14-17)25-4/h6-12,14-15H,5,13H2,1-4H3. The third-order valence-corrected chi connectivity index (χ3v) is 4.83. The summed E-state index contributed by atoms with van der Waals surface area (Å²) in [6.07, 6.45) is 3.89. The fourth-order valence-corrected chi connectivity index (χ4v) is 3.36. The van der Waals surface area contributed by atoms with Gasteiger partial charge in [0.2, 0.25) is 0 Å². The van der Waals surface area contributed by atoms with Crippen molar-refractivity contribution in [2.45, 2.75) is 32.6 Å². The summed E-state index contributed by atoms with van der Waals surface area (Å²) in [6.45, 7) is 4.42. The van der Waals surface area contributed by atoms with Crippen molar-refractivity contribution in [3.05, 3.63) is 65.4 Å². The number of nitrogens with zero attached hydrogens (tertiary/aromatic N) is 1. The Kier molecular flexibility index (Phi) is 5.22. The van der Waals surface area contributed by atoms with Crippen molar-refractivity contribution in [1.29, 1.82) is 0 Å². The van der Waals surface area contributed by atoms with E-state index < -0.39 is 0 Å². The molecule has 3 aromatic rings. The number of methoxy groups -OCH3 is 2. The van der Waals surface area contributed by atoms with Gasteiger partial charge in [0, 0.05) is 11.6 Å². The second-order valence-electron chi connectivity index (χ2n) is 6.36. The number of fused-ring (bicyclic) bond motifs is 1. The maximum Gasteiger partial charge on any atom is 0.160 e. The molecule has 3 nitrogen and oxygen atoms in total. The molecule has 0 saturated carbocycles. The van der Waals surface area contributed by atoms with E-state index in [9.17, 15) is 0 Å². The lowest BCUT2D eigenvalue weighted by Crippen LogP contribution is -2.01. The van der Waals surface area contributed by atoms with Crippen molar-refractivity contribution >= 4 is 10.9 Å². The van der Waals surface area contributed by atoms with E-state index >= 15 is 0 Å². The van der Waals surface area contributed by atoms with Gasteiger partial charge in [0.05, 0.1) is 19.7 Å². The molecular weight excluding hydrogens is 310 g/mol. The number of aryl methyl sites for hydroxylation is 1. The molecule has 130 valence electrons. The van der Waals surface area contributed by atoms with Gasteiger partial charge in [-0.2, -0.15) is 0 Å². The minimum atomic E-state index is 0.371. The molecule has 1 atom stereocenters. The normalized spacial score (nSPS) is 12.2. The lowest BCUT2D eigenvalue weighted by molar-refractivity contribution is 0.354. The first-order valence-electron chi connectivity index (χ1n) is 8.75.